The van der Waals surface area contributed by atoms with E-state index < -0.39 is 16.1 Å². The minimum Gasteiger partial charge on any atom is -0.289 e. The van der Waals surface area contributed by atoms with E-state index in [1.807, 2.05) is 24.0 Å². The first-order valence-corrected chi connectivity index (χ1v) is 11.5. The molecule has 2 heterocycles. The molecule has 2 aromatic rings. The number of piperazine rings is 1. The Hall–Kier alpha value is -2.26. The van der Waals surface area contributed by atoms with Crippen molar-refractivity contribution >= 4 is 39.1 Å². The molecule has 2 amide bonds. The molecule has 2 fully saturated rings. The highest BCUT2D eigenvalue weighted by Gasteiger charge is 2.44. The van der Waals surface area contributed by atoms with Crippen molar-refractivity contribution in [3.63, 3.8) is 0 Å². The van der Waals surface area contributed by atoms with Gasteiger partial charge in [0.15, 0.2) is 0 Å². The minimum atomic E-state index is -3.62. The second-order valence-electron chi connectivity index (χ2n) is 7.52. The topological polar surface area (TPSA) is 78.0 Å². The number of nitrogens with zero attached hydrogens (tertiary/aromatic N) is 3. The molecule has 9 heteroatoms. The van der Waals surface area contributed by atoms with Gasteiger partial charge in [0, 0.05) is 31.2 Å². The van der Waals surface area contributed by atoms with Crippen LogP contribution >= 0.6 is 11.6 Å². The number of hydrogen-bond acceptors (Lipinski definition) is 5. The molecule has 2 aromatic carbocycles. The highest BCUT2D eigenvalue weighted by Crippen LogP contribution is 2.27. The number of rotatable bonds is 4. The van der Waals surface area contributed by atoms with Gasteiger partial charge in [-0.2, -0.15) is 4.31 Å². The normalized spacial score (nSPS) is 21.4. The highest BCUT2D eigenvalue weighted by molar-refractivity contribution is 7.89. The number of imide groups is 1. The predicted octanol–water partition coefficient (Wildman–Crippen LogP) is 2.29. The monoisotopic (exact) mass is 447 g/mol. The molecule has 0 bridgehead atoms. The molecule has 1 atom stereocenters. The third-order valence-electron chi connectivity index (χ3n) is 5.58. The molecule has 0 aliphatic carbocycles. The van der Waals surface area contributed by atoms with Crippen LogP contribution < -0.4 is 4.90 Å². The Morgan fingerprint density at radius 1 is 0.900 bits per heavy atom. The maximum Gasteiger partial charge on any atom is 0.251 e. The fraction of sp³-hybridized carbons (Fsp3) is 0.333. The van der Waals surface area contributed by atoms with Crippen molar-refractivity contribution < 1.29 is 18.0 Å². The van der Waals surface area contributed by atoms with Crippen molar-refractivity contribution in [2.24, 2.45) is 0 Å². The summed E-state index contributed by atoms with van der Waals surface area (Å²) < 4.78 is 27.1. The van der Waals surface area contributed by atoms with E-state index in [2.05, 4.69) is 0 Å². The number of carbonyl (C=O) groups excluding carboxylic acids is 2. The van der Waals surface area contributed by atoms with Crippen LogP contribution in [-0.4, -0.2) is 61.7 Å². The van der Waals surface area contributed by atoms with Crippen LogP contribution in [0.4, 0.5) is 5.69 Å². The summed E-state index contributed by atoms with van der Waals surface area (Å²) in [5, 5.41) is 0.473. The van der Waals surface area contributed by atoms with Crippen molar-refractivity contribution in [1.82, 2.24) is 9.21 Å². The standard InChI is InChI=1S/C21H22ClN3O4S/c1-15-2-6-17(7-3-15)25-20(26)14-19(21(25)27)23-10-12-24(13-11-23)30(28,29)18-8-4-16(22)5-9-18/h2-9,19H,10-14H2,1H3/t19-/m0/s1. The molecule has 0 N–H and O–H groups in total. The molecule has 7 nitrogen and oxygen atoms in total. The fourth-order valence-corrected chi connectivity index (χ4v) is 5.43. The van der Waals surface area contributed by atoms with Crippen molar-refractivity contribution in [3.05, 3.63) is 59.1 Å². The first-order chi connectivity index (χ1) is 14.3. The summed E-state index contributed by atoms with van der Waals surface area (Å²) in [7, 11) is -3.62. The Labute approximate surface area is 180 Å². The Morgan fingerprint density at radius 2 is 1.50 bits per heavy atom. The number of halogens is 1. The zero-order valence-corrected chi connectivity index (χ0v) is 18.1. The third-order valence-corrected chi connectivity index (χ3v) is 7.75. The lowest BCUT2D eigenvalue weighted by Gasteiger charge is -2.36. The lowest BCUT2D eigenvalue weighted by Crippen LogP contribution is -2.53. The van der Waals surface area contributed by atoms with Crippen LogP contribution in [0.2, 0.25) is 5.02 Å². The molecule has 2 aliphatic rings. The lowest BCUT2D eigenvalue weighted by atomic mass is 10.2. The van der Waals surface area contributed by atoms with Gasteiger partial charge in [-0.3, -0.25) is 14.5 Å². The fourth-order valence-electron chi connectivity index (χ4n) is 3.88. The second-order valence-corrected chi connectivity index (χ2v) is 9.89. The molecular formula is C21H22ClN3O4S. The summed E-state index contributed by atoms with van der Waals surface area (Å²) >= 11 is 5.85. The molecule has 0 aromatic heterocycles. The number of carbonyl (C=O) groups is 2. The summed E-state index contributed by atoms with van der Waals surface area (Å²) in [6, 6.07) is 12.8. The van der Waals surface area contributed by atoms with E-state index in [1.165, 1.54) is 21.3 Å². The molecule has 0 unspecified atom stereocenters. The zero-order chi connectivity index (χ0) is 21.5. The summed E-state index contributed by atoms with van der Waals surface area (Å²) in [6.07, 6.45) is 0.108. The van der Waals surface area contributed by atoms with Gasteiger partial charge >= 0.3 is 0 Å². The zero-order valence-electron chi connectivity index (χ0n) is 16.5. The largest absolute Gasteiger partial charge is 0.289 e. The van der Waals surface area contributed by atoms with Gasteiger partial charge in [-0.15, -0.1) is 0 Å². The van der Waals surface area contributed by atoms with Crippen LogP contribution in [0.3, 0.4) is 0 Å². The number of amides is 2. The number of aryl methyl sites for hydroxylation is 1. The highest BCUT2D eigenvalue weighted by atomic mass is 35.5. The predicted molar refractivity (Wildman–Crippen MR) is 114 cm³/mol. The van der Waals surface area contributed by atoms with Crippen LogP contribution in [0.1, 0.15) is 12.0 Å². The van der Waals surface area contributed by atoms with E-state index in [0.29, 0.717) is 23.8 Å². The van der Waals surface area contributed by atoms with E-state index in [4.69, 9.17) is 11.6 Å². The van der Waals surface area contributed by atoms with Gasteiger partial charge < -0.3 is 0 Å². The second kappa shape index (κ2) is 8.11. The number of hydrogen-bond donors (Lipinski definition) is 0. The van der Waals surface area contributed by atoms with E-state index in [9.17, 15) is 18.0 Å². The van der Waals surface area contributed by atoms with Crippen LogP contribution in [-0.2, 0) is 19.6 Å². The van der Waals surface area contributed by atoms with E-state index >= 15 is 0 Å². The molecule has 30 heavy (non-hydrogen) atoms. The lowest BCUT2D eigenvalue weighted by molar-refractivity contribution is -0.123. The average molecular weight is 448 g/mol. The molecule has 158 valence electrons. The Morgan fingerprint density at radius 3 is 2.10 bits per heavy atom. The van der Waals surface area contributed by atoms with E-state index in [1.54, 1.807) is 24.3 Å². The van der Waals surface area contributed by atoms with Gasteiger partial charge in [0.2, 0.25) is 15.9 Å². The van der Waals surface area contributed by atoms with Gasteiger partial charge in [0.1, 0.15) is 0 Å². The number of sulfonamides is 1. The molecule has 0 saturated carbocycles. The number of anilines is 1. The molecule has 4 rings (SSSR count). The van der Waals surface area contributed by atoms with Crippen molar-refractivity contribution in [1.29, 1.82) is 0 Å². The molecular weight excluding hydrogens is 426 g/mol. The van der Waals surface area contributed by atoms with Crippen LogP contribution in [0, 0.1) is 6.92 Å². The van der Waals surface area contributed by atoms with Crippen LogP contribution in [0.5, 0.6) is 0 Å². The van der Waals surface area contributed by atoms with Crippen molar-refractivity contribution in [2.75, 3.05) is 31.1 Å². The summed E-state index contributed by atoms with van der Waals surface area (Å²) in [5.74, 6) is -0.483. The molecule has 0 radical (unpaired) electrons. The Kier molecular flexibility index (Phi) is 5.67. The van der Waals surface area contributed by atoms with E-state index in [0.717, 1.165) is 5.56 Å². The quantitative estimate of drug-likeness (QED) is 0.672. The smallest absolute Gasteiger partial charge is 0.251 e. The minimum absolute atomic E-state index is 0.108. The van der Waals surface area contributed by atoms with E-state index in [-0.39, 0.29) is 36.2 Å². The number of benzene rings is 2. The first kappa shape index (κ1) is 21.0. The molecule has 0 spiro atoms. The molecule has 2 aliphatic heterocycles. The van der Waals surface area contributed by atoms with Gasteiger partial charge in [-0.1, -0.05) is 29.3 Å². The summed E-state index contributed by atoms with van der Waals surface area (Å²) in [5.41, 5.74) is 1.62. The van der Waals surface area contributed by atoms with Crippen LogP contribution in [0.25, 0.3) is 0 Å². The van der Waals surface area contributed by atoms with Crippen molar-refractivity contribution in [3.8, 4) is 0 Å². The average Bonchev–Trinajstić information content (AvgIpc) is 3.03. The maximum atomic E-state index is 13.0. The van der Waals surface area contributed by atoms with Crippen LogP contribution in [0.15, 0.2) is 53.4 Å². The van der Waals surface area contributed by atoms with Gasteiger partial charge in [-0.05, 0) is 43.3 Å². The maximum absolute atomic E-state index is 13.0. The van der Waals surface area contributed by atoms with Gasteiger partial charge in [-0.25, -0.2) is 13.3 Å². The Bertz CT molecular complexity index is 1060. The third kappa shape index (κ3) is 3.88. The Balaban J connectivity index is 1.44. The molecule has 2 saturated heterocycles. The summed E-state index contributed by atoms with van der Waals surface area (Å²) in [6.45, 7) is 3.23. The summed E-state index contributed by atoms with van der Waals surface area (Å²) in [4.78, 5) is 28.8. The SMILES string of the molecule is Cc1ccc(N2C(=O)C[C@H](N3CCN(S(=O)(=O)c4ccc(Cl)cc4)CC3)C2=O)cc1. The van der Waals surface area contributed by atoms with Gasteiger partial charge in [0.05, 0.1) is 23.0 Å². The van der Waals surface area contributed by atoms with Gasteiger partial charge in [0.25, 0.3) is 5.91 Å². The van der Waals surface area contributed by atoms with Crippen molar-refractivity contribution in [2.45, 2.75) is 24.3 Å². The first-order valence-electron chi connectivity index (χ1n) is 9.70.